The van der Waals surface area contributed by atoms with E-state index in [9.17, 15) is 4.79 Å². The van der Waals surface area contributed by atoms with Crippen LogP contribution in [0, 0.1) is 22.7 Å². The fourth-order valence-corrected chi connectivity index (χ4v) is 1.57. The van der Waals surface area contributed by atoms with Crippen LogP contribution in [0.25, 0.3) is 0 Å². The summed E-state index contributed by atoms with van der Waals surface area (Å²) in [6.07, 6.45) is 0.335. The van der Waals surface area contributed by atoms with Gasteiger partial charge in [-0.2, -0.15) is 10.5 Å². The van der Waals surface area contributed by atoms with Crippen molar-refractivity contribution in [3.63, 3.8) is 0 Å². The smallest absolute Gasteiger partial charge is 0.335 e. The molecule has 18 heavy (non-hydrogen) atoms. The molecule has 0 amide bonds. The number of carboxylic acid groups (broad SMARTS) is 1. The molecule has 1 N–H and O–H groups in total. The normalized spacial score (nSPS) is 11.1. The third-order valence-corrected chi connectivity index (χ3v) is 2.79. The Hall–Kier alpha value is -2.53. The first kappa shape index (κ1) is 13.5. The number of nitriles is 2. The van der Waals surface area contributed by atoms with E-state index in [4.69, 9.17) is 15.6 Å². The Balaban J connectivity index is 3.15. The van der Waals surface area contributed by atoms with Crippen molar-refractivity contribution in [2.45, 2.75) is 19.4 Å². The number of carbonyl (C=O) groups is 1. The van der Waals surface area contributed by atoms with Gasteiger partial charge in [0.05, 0.1) is 29.3 Å². The van der Waals surface area contributed by atoms with Gasteiger partial charge < -0.3 is 10.0 Å². The van der Waals surface area contributed by atoms with Gasteiger partial charge in [-0.1, -0.05) is 0 Å². The third-order valence-electron chi connectivity index (χ3n) is 2.79. The molecule has 0 fully saturated rings. The van der Waals surface area contributed by atoms with Crippen molar-refractivity contribution in [2.24, 2.45) is 0 Å². The first-order chi connectivity index (χ1) is 8.51. The predicted octanol–water partition coefficient (Wildman–Crippen LogP) is 1.99. The third kappa shape index (κ3) is 2.78. The highest BCUT2D eigenvalue weighted by Gasteiger charge is 2.15. The average Bonchev–Trinajstić information content (AvgIpc) is 2.37. The van der Waals surface area contributed by atoms with Crippen molar-refractivity contribution in [2.75, 3.05) is 11.9 Å². The molecule has 5 nitrogen and oxygen atoms in total. The monoisotopic (exact) mass is 243 g/mol. The van der Waals surface area contributed by atoms with Crippen LogP contribution < -0.4 is 4.90 Å². The lowest BCUT2D eigenvalue weighted by Crippen LogP contribution is -2.29. The number of rotatable bonds is 4. The number of hydrogen-bond donors (Lipinski definition) is 1. The van der Waals surface area contributed by atoms with E-state index < -0.39 is 5.97 Å². The molecule has 1 aromatic rings. The summed E-state index contributed by atoms with van der Waals surface area (Å²) in [4.78, 5) is 12.6. The van der Waals surface area contributed by atoms with Gasteiger partial charge >= 0.3 is 5.97 Å². The van der Waals surface area contributed by atoms with Crippen molar-refractivity contribution in [3.05, 3.63) is 29.3 Å². The van der Waals surface area contributed by atoms with E-state index in [1.54, 1.807) is 18.0 Å². The fraction of sp³-hybridized carbons (Fsp3) is 0.308. The van der Waals surface area contributed by atoms with Crippen molar-refractivity contribution in [1.82, 2.24) is 0 Å². The second-order valence-corrected chi connectivity index (χ2v) is 3.97. The molecule has 5 heteroatoms. The summed E-state index contributed by atoms with van der Waals surface area (Å²) >= 11 is 0. The van der Waals surface area contributed by atoms with Crippen molar-refractivity contribution >= 4 is 11.7 Å². The number of nitrogens with zero attached hydrogens (tertiary/aromatic N) is 3. The summed E-state index contributed by atoms with van der Waals surface area (Å²) in [5.41, 5.74) is 1.00. The second-order valence-electron chi connectivity index (χ2n) is 3.97. The number of anilines is 1. The molecule has 1 unspecified atom stereocenters. The Morgan fingerprint density at radius 3 is 2.67 bits per heavy atom. The van der Waals surface area contributed by atoms with E-state index in [0.29, 0.717) is 17.7 Å². The number of aromatic carboxylic acids is 1. The first-order valence-corrected chi connectivity index (χ1v) is 5.38. The Labute approximate surface area is 105 Å². The molecule has 1 atom stereocenters. The quantitative estimate of drug-likeness (QED) is 0.873. The standard InChI is InChI=1S/C13H13N3O2/c1-9(5-6-14)16(2)12-4-3-10(13(17)18)7-11(12)8-15/h3-4,7,9H,5H2,1-2H3,(H,17,18). The van der Waals surface area contributed by atoms with Gasteiger partial charge in [0, 0.05) is 13.1 Å². The Morgan fingerprint density at radius 1 is 1.50 bits per heavy atom. The zero-order valence-corrected chi connectivity index (χ0v) is 10.2. The van der Waals surface area contributed by atoms with Crippen LogP contribution in [0.15, 0.2) is 18.2 Å². The van der Waals surface area contributed by atoms with Crippen LogP contribution in [0.2, 0.25) is 0 Å². The molecule has 0 radical (unpaired) electrons. The van der Waals surface area contributed by atoms with Gasteiger partial charge in [0.15, 0.2) is 0 Å². The molecule has 0 saturated carbocycles. The molecule has 0 aliphatic carbocycles. The van der Waals surface area contributed by atoms with Crippen LogP contribution in [-0.4, -0.2) is 24.2 Å². The topological polar surface area (TPSA) is 88.1 Å². The maximum absolute atomic E-state index is 10.8. The summed E-state index contributed by atoms with van der Waals surface area (Å²) < 4.78 is 0. The molecule has 92 valence electrons. The number of carboxylic acids is 1. The van der Waals surface area contributed by atoms with Crippen LogP contribution in [0.4, 0.5) is 5.69 Å². The summed E-state index contributed by atoms with van der Waals surface area (Å²) in [7, 11) is 1.78. The van der Waals surface area contributed by atoms with Crippen LogP contribution in [0.3, 0.4) is 0 Å². The second kappa shape index (κ2) is 5.70. The van der Waals surface area contributed by atoms with Crippen LogP contribution in [0.1, 0.15) is 29.3 Å². The lowest BCUT2D eigenvalue weighted by Gasteiger charge is -2.26. The number of benzene rings is 1. The maximum atomic E-state index is 10.8. The van der Waals surface area contributed by atoms with Crippen LogP contribution in [-0.2, 0) is 0 Å². The zero-order chi connectivity index (χ0) is 13.7. The van der Waals surface area contributed by atoms with E-state index in [1.165, 1.54) is 12.1 Å². The van der Waals surface area contributed by atoms with Crippen LogP contribution in [0.5, 0.6) is 0 Å². The minimum atomic E-state index is -1.06. The minimum Gasteiger partial charge on any atom is -0.478 e. The van der Waals surface area contributed by atoms with E-state index in [0.717, 1.165) is 0 Å². The molecular weight excluding hydrogens is 230 g/mol. The van der Waals surface area contributed by atoms with Gasteiger partial charge in [-0.15, -0.1) is 0 Å². The lowest BCUT2D eigenvalue weighted by molar-refractivity contribution is 0.0697. The molecule has 0 bridgehead atoms. The molecular formula is C13H13N3O2. The van der Waals surface area contributed by atoms with E-state index in [1.807, 2.05) is 13.0 Å². The molecule has 0 heterocycles. The van der Waals surface area contributed by atoms with Gasteiger partial charge in [-0.3, -0.25) is 0 Å². The largest absolute Gasteiger partial charge is 0.478 e. The number of hydrogen-bond acceptors (Lipinski definition) is 4. The van der Waals surface area contributed by atoms with Crippen molar-refractivity contribution < 1.29 is 9.90 Å². The van der Waals surface area contributed by atoms with Gasteiger partial charge in [0.1, 0.15) is 6.07 Å². The van der Waals surface area contributed by atoms with Gasteiger partial charge in [-0.25, -0.2) is 4.79 Å². The van der Waals surface area contributed by atoms with Gasteiger partial charge in [0.25, 0.3) is 0 Å². The predicted molar refractivity (Wildman–Crippen MR) is 66.2 cm³/mol. The maximum Gasteiger partial charge on any atom is 0.335 e. The van der Waals surface area contributed by atoms with E-state index in [-0.39, 0.29) is 11.6 Å². The molecule has 0 spiro atoms. The first-order valence-electron chi connectivity index (χ1n) is 5.38. The van der Waals surface area contributed by atoms with Crippen LogP contribution >= 0.6 is 0 Å². The Kier molecular flexibility index (Phi) is 4.28. The SMILES string of the molecule is CC(CC#N)N(C)c1ccc(C(=O)O)cc1C#N. The lowest BCUT2D eigenvalue weighted by atomic mass is 10.1. The average molecular weight is 243 g/mol. The highest BCUT2D eigenvalue weighted by atomic mass is 16.4. The van der Waals surface area contributed by atoms with Crippen molar-refractivity contribution in [1.29, 1.82) is 10.5 Å². The highest BCUT2D eigenvalue weighted by Crippen LogP contribution is 2.23. The van der Waals surface area contributed by atoms with E-state index in [2.05, 4.69) is 6.07 Å². The molecule has 0 aliphatic rings. The molecule has 0 saturated heterocycles. The minimum absolute atomic E-state index is 0.0437. The van der Waals surface area contributed by atoms with Gasteiger partial charge in [0.2, 0.25) is 0 Å². The summed E-state index contributed by atoms with van der Waals surface area (Å²) in [5.74, 6) is -1.06. The molecule has 0 aliphatic heterocycles. The molecule has 1 rings (SSSR count). The Bertz CT molecular complexity index is 540. The Morgan fingerprint density at radius 2 is 2.17 bits per heavy atom. The van der Waals surface area contributed by atoms with Gasteiger partial charge in [-0.05, 0) is 25.1 Å². The summed E-state index contributed by atoms with van der Waals surface area (Å²) in [6.45, 7) is 1.87. The fourth-order valence-electron chi connectivity index (χ4n) is 1.57. The summed E-state index contributed by atoms with van der Waals surface area (Å²) in [5, 5.41) is 26.6. The zero-order valence-electron chi connectivity index (χ0n) is 10.2. The van der Waals surface area contributed by atoms with E-state index >= 15 is 0 Å². The molecule has 0 aromatic heterocycles. The molecule has 1 aromatic carbocycles. The summed E-state index contributed by atoms with van der Waals surface area (Å²) in [6, 6.07) is 8.39. The highest BCUT2D eigenvalue weighted by molar-refractivity contribution is 5.89. The van der Waals surface area contributed by atoms with Crippen molar-refractivity contribution in [3.8, 4) is 12.1 Å².